The molecule has 2 heteroatoms. The molecular weight excluding hydrogens is 208 g/mol. The first kappa shape index (κ1) is 10.1. The van der Waals surface area contributed by atoms with Gasteiger partial charge in [-0.25, -0.2) is 4.98 Å². The quantitative estimate of drug-likeness (QED) is 0.706. The van der Waals surface area contributed by atoms with Crippen molar-refractivity contribution in [1.29, 1.82) is 0 Å². The van der Waals surface area contributed by atoms with Crippen molar-refractivity contribution in [2.75, 3.05) is 0 Å². The molecule has 2 heterocycles. The third-order valence-electron chi connectivity index (χ3n) is 2.95. The summed E-state index contributed by atoms with van der Waals surface area (Å²) in [6.45, 7) is 2.12. The van der Waals surface area contributed by atoms with Gasteiger partial charge in [-0.05, 0) is 36.6 Å². The highest BCUT2D eigenvalue weighted by Crippen LogP contribution is 2.15. The van der Waals surface area contributed by atoms with Gasteiger partial charge in [0.15, 0.2) is 0 Å². The molecular formula is C15H14N2. The van der Waals surface area contributed by atoms with E-state index in [9.17, 15) is 0 Å². The summed E-state index contributed by atoms with van der Waals surface area (Å²) < 4.78 is 0. The summed E-state index contributed by atoms with van der Waals surface area (Å²) in [5, 5.41) is 1.18. The molecule has 0 saturated heterocycles. The van der Waals surface area contributed by atoms with Crippen LogP contribution in [0.5, 0.6) is 0 Å². The number of hydrogen-bond acceptors (Lipinski definition) is 1. The highest BCUT2D eigenvalue weighted by atomic mass is 14.8. The number of aryl methyl sites for hydroxylation is 1. The van der Waals surface area contributed by atoms with E-state index in [0.29, 0.717) is 0 Å². The molecule has 3 aromatic rings. The molecule has 0 aliphatic heterocycles. The Kier molecular flexibility index (Phi) is 2.41. The molecule has 0 radical (unpaired) electrons. The smallest absolute Gasteiger partial charge is 0.137 e. The zero-order chi connectivity index (χ0) is 11.7. The van der Waals surface area contributed by atoms with E-state index in [4.69, 9.17) is 0 Å². The number of hydrogen-bond donors (Lipinski definition) is 1. The number of aromatic nitrogens is 2. The number of fused-ring (bicyclic) bond motifs is 1. The maximum absolute atomic E-state index is 4.40. The molecule has 1 N–H and O–H groups in total. The summed E-state index contributed by atoms with van der Waals surface area (Å²) in [5.74, 6) is 0. The second kappa shape index (κ2) is 4.06. The van der Waals surface area contributed by atoms with E-state index in [2.05, 4.69) is 53.3 Å². The normalized spacial score (nSPS) is 10.9. The fraction of sp³-hybridized carbons (Fsp3) is 0.133. The average molecular weight is 222 g/mol. The second-order valence-electron chi connectivity index (χ2n) is 4.42. The number of benzene rings is 1. The van der Waals surface area contributed by atoms with Crippen molar-refractivity contribution in [3.63, 3.8) is 0 Å². The first-order valence-electron chi connectivity index (χ1n) is 5.79. The zero-order valence-electron chi connectivity index (χ0n) is 9.77. The summed E-state index contributed by atoms with van der Waals surface area (Å²) in [5.41, 5.74) is 4.85. The van der Waals surface area contributed by atoms with Gasteiger partial charge in [0.05, 0.1) is 0 Å². The van der Waals surface area contributed by atoms with Gasteiger partial charge in [0.1, 0.15) is 5.65 Å². The predicted molar refractivity (Wildman–Crippen MR) is 70.1 cm³/mol. The lowest BCUT2D eigenvalue weighted by molar-refractivity contribution is 1.15. The number of H-pyrrole nitrogens is 1. The second-order valence-corrected chi connectivity index (χ2v) is 4.42. The molecule has 0 saturated carbocycles. The van der Waals surface area contributed by atoms with Crippen LogP contribution < -0.4 is 0 Å². The van der Waals surface area contributed by atoms with Crippen LogP contribution in [0.1, 0.15) is 16.7 Å². The number of aromatic amines is 1. The molecule has 0 spiro atoms. The molecule has 0 bridgehead atoms. The van der Waals surface area contributed by atoms with Gasteiger partial charge in [0.2, 0.25) is 0 Å². The van der Waals surface area contributed by atoms with Gasteiger partial charge in [-0.1, -0.05) is 29.8 Å². The standard InChI is InChI=1S/C15H14N2/c1-11-3-2-4-12(7-11)8-13-9-14-5-6-16-15(14)17-10-13/h2-7,9-10H,8H2,1H3,(H,16,17). The lowest BCUT2D eigenvalue weighted by Gasteiger charge is -2.03. The molecule has 0 amide bonds. The highest BCUT2D eigenvalue weighted by molar-refractivity contribution is 5.75. The molecule has 0 unspecified atom stereocenters. The van der Waals surface area contributed by atoms with Crippen LogP contribution in [0.4, 0.5) is 0 Å². The Bertz CT molecular complexity index is 653. The van der Waals surface area contributed by atoms with Crippen molar-refractivity contribution >= 4 is 11.0 Å². The van der Waals surface area contributed by atoms with Crippen LogP contribution >= 0.6 is 0 Å². The summed E-state index contributed by atoms with van der Waals surface area (Å²) in [6, 6.07) is 12.9. The molecule has 0 aliphatic rings. The van der Waals surface area contributed by atoms with E-state index >= 15 is 0 Å². The third-order valence-corrected chi connectivity index (χ3v) is 2.95. The van der Waals surface area contributed by atoms with Crippen molar-refractivity contribution in [1.82, 2.24) is 9.97 Å². The maximum Gasteiger partial charge on any atom is 0.137 e. The molecule has 17 heavy (non-hydrogen) atoms. The van der Waals surface area contributed by atoms with Gasteiger partial charge in [-0.3, -0.25) is 0 Å². The van der Waals surface area contributed by atoms with Gasteiger partial charge >= 0.3 is 0 Å². The SMILES string of the molecule is Cc1cccc(Cc2cnc3[nH]ccc3c2)c1. The van der Waals surface area contributed by atoms with E-state index in [0.717, 1.165) is 12.1 Å². The van der Waals surface area contributed by atoms with Crippen LogP contribution in [0.3, 0.4) is 0 Å². The summed E-state index contributed by atoms with van der Waals surface area (Å²) in [6.07, 6.45) is 4.81. The van der Waals surface area contributed by atoms with E-state index in [1.165, 1.54) is 22.1 Å². The van der Waals surface area contributed by atoms with E-state index in [1.807, 2.05) is 12.4 Å². The molecule has 2 nitrogen and oxygen atoms in total. The number of rotatable bonds is 2. The summed E-state index contributed by atoms with van der Waals surface area (Å²) >= 11 is 0. The topological polar surface area (TPSA) is 28.7 Å². The Morgan fingerprint density at radius 3 is 2.94 bits per heavy atom. The first-order valence-corrected chi connectivity index (χ1v) is 5.79. The van der Waals surface area contributed by atoms with Gasteiger partial charge in [-0.15, -0.1) is 0 Å². The Balaban J connectivity index is 1.94. The molecule has 2 aromatic heterocycles. The predicted octanol–water partition coefficient (Wildman–Crippen LogP) is 3.46. The molecule has 0 atom stereocenters. The van der Waals surface area contributed by atoms with E-state index in [-0.39, 0.29) is 0 Å². The Hall–Kier alpha value is -2.09. The van der Waals surface area contributed by atoms with Crippen molar-refractivity contribution in [2.24, 2.45) is 0 Å². The fourth-order valence-electron chi connectivity index (χ4n) is 2.14. The van der Waals surface area contributed by atoms with Gasteiger partial charge in [-0.2, -0.15) is 0 Å². The minimum absolute atomic E-state index is 0.940. The van der Waals surface area contributed by atoms with Crippen LogP contribution in [0.2, 0.25) is 0 Å². The van der Waals surface area contributed by atoms with E-state index < -0.39 is 0 Å². The van der Waals surface area contributed by atoms with Crippen LogP contribution in [0.15, 0.2) is 48.8 Å². The number of nitrogens with zero attached hydrogens (tertiary/aromatic N) is 1. The minimum atomic E-state index is 0.940. The highest BCUT2D eigenvalue weighted by Gasteiger charge is 2.00. The van der Waals surface area contributed by atoms with Crippen LogP contribution in [0.25, 0.3) is 11.0 Å². The van der Waals surface area contributed by atoms with Crippen molar-refractivity contribution in [3.05, 3.63) is 65.5 Å². The molecule has 3 rings (SSSR count). The Morgan fingerprint density at radius 2 is 2.06 bits per heavy atom. The minimum Gasteiger partial charge on any atom is -0.346 e. The largest absolute Gasteiger partial charge is 0.346 e. The molecule has 1 aromatic carbocycles. The van der Waals surface area contributed by atoms with Gasteiger partial charge in [0, 0.05) is 17.8 Å². The zero-order valence-corrected chi connectivity index (χ0v) is 9.77. The first-order chi connectivity index (χ1) is 8.31. The Morgan fingerprint density at radius 1 is 1.12 bits per heavy atom. The lowest BCUT2D eigenvalue weighted by Crippen LogP contribution is -1.90. The average Bonchev–Trinajstić information content (AvgIpc) is 2.76. The summed E-state index contributed by atoms with van der Waals surface area (Å²) in [7, 11) is 0. The Labute approximate surface area is 100 Å². The van der Waals surface area contributed by atoms with Crippen molar-refractivity contribution in [3.8, 4) is 0 Å². The lowest BCUT2D eigenvalue weighted by atomic mass is 10.0. The molecule has 84 valence electrons. The fourth-order valence-corrected chi connectivity index (χ4v) is 2.14. The number of nitrogens with one attached hydrogen (secondary N) is 1. The van der Waals surface area contributed by atoms with Crippen molar-refractivity contribution in [2.45, 2.75) is 13.3 Å². The van der Waals surface area contributed by atoms with Gasteiger partial charge in [0.25, 0.3) is 0 Å². The van der Waals surface area contributed by atoms with Crippen LogP contribution in [-0.2, 0) is 6.42 Å². The van der Waals surface area contributed by atoms with Crippen LogP contribution in [0, 0.1) is 6.92 Å². The molecule has 0 aliphatic carbocycles. The molecule has 0 fully saturated rings. The summed E-state index contributed by atoms with van der Waals surface area (Å²) in [4.78, 5) is 7.51. The van der Waals surface area contributed by atoms with E-state index in [1.54, 1.807) is 0 Å². The van der Waals surface area contributed by atoms with Gasteiger partial charge < -0.3 is 4.98 Å². The van der Waals surface area contributed by atoms with Crippen molar-refractivity contribution < 1.29 is 0 Å². The monoisotopic (exact) mass is 222 g/mol. The third kappa shape index (κ3) is 2.07. The maximum atomic E-state index is 4.40. The van der Waals surface area contributed by atoms with Crippen LogP contribution in [-0.4, -0.2) is 9.97 Å². The number of pyridine rings is 1.